The molecule has 2 aromatic carbocycles. The van der Waals surface area contributed by atoms with Gasteiger partial charge in [-0.05, 0) is 62.3 Å². The highest BCUT2D eigenvalue weighted by atomic mass is 35.5. The van der Waals surface area contributed by atoms with Crippen molar-refractivity contribution in [1.29, 1.82) is 0 Å². The summed E-state index contributed by atoms with van der Waals surface area (Å²) in [5.41, 5.74) is 15.8. The molecule has 2 heterocycles. The Kier molecular flexibility index (Phi) is 22.5. The summed E-state index contributed by atoms with van der Waals surface area (Å²) in [6.07, 6.45) is 3.73. The van der Waals surface area contributed by atoms with E-state index in [1.54, 1.807) is 6.33 Å². The van der Waals surface area contributed by atoms with E-state index in [4.69, 9.17) is 11.5 Å². The van der Waals surface area contributed by atoms with E-state index in [0.717, 1.165) is 88.3 Å². The van der Waals surface area contributed by atoms with Gasteiger partial charge in [-0.15, -0.1) is 62.0 Å². The van der Waals surface area contributed by atoms with E-state index in [2.05, 4.69) is 55.1 Å². The summed E-state index contributed by atoms with van der Waals surface area (Å²) in [5.74, 6) is 0.0552. The van der Waals surface area contributed by atoms with E-state index >= 15 is 0 Å². The van der Waals surface area contributed by atoms with Gasteiger partial charge in [-0.2, -0.15) is 0 Å². The summed E-state index contributed by atoms with van der Waals surface area (Å²) in [6.45, 7) is 9.26. The lowest BCUT2D eigenvalue weighted by molar-refractivity contribution is 0.260. The normalized spacial score (nSPS) is 15.8. The van der Waals surface area contributed by atoms with Crippen molar-refractivity contribution in [2.24, 2.45) is 16.5 Å². The Morgan fingerprint density at radius 2 is 1.40 bits per heavy atom. The standard InChI is InChI=1S/C26H39N9.5ClH/c27-26(28)33-25(35-20-32-23-5-1-2-6-24(23)35)22-9-7-21(8-10-22)19-34-17-4-13-30-15-14-29-11-3-12-31-16-18-34;;;;;/h1-2,5-10,20,25,29-31H,3-4,11-19H2,(H4,27,28,33);5*1H. The summed E-state index contributed by atoms with van der Waals surface area (Å²) < 4.78 is 2.01. The average Bonchev–Trinajstić information content (AvgIpc) is 3.29. The van der Waals surface area contributed by atoms with Crippen LogP contribution >= 0.6 is 62.0 Å². The fraction of sp³-hybridized carbons (Fsp3) is 0.462. The number of nitrogens with two attached hydrogens (primary N) is 2. The van der Waals surface area contributed by atoms with Gasteiger partial charge in [0.15, 0.2) is 12.1 Å². The minimum Gasteiger partial charge on any atom is -0.370 e. The number of fused-ring (bicyclic) bond motifs is 1. The molecule has 9 nitrogen and oxygen atoms in total. The number of para-hydroxylation sites is 2. The molecule has 14 heteroatoms. The molecule has 3 aromatic rings. The maximum Gasteiger partial charge on any atom is 0.188 e. The maximum atomic E-state index is 5.80. The molecule has 1 saturated heterocycles. The summed E-state index contributed by atoms with van der Waals surface area (Å²) in [5, 5.41) is 10.6. The van der Waals surface area contributed by atoms with Gasteiger partial charge in [0.2, 0.25) is 0 Å². The molecule has 0 aliphatic carbocycles. The quantitative estimate of drug-likeness (QED) is 0.211. The van der Waals surface area contributed by atoms with Crippen molar-refractivity contribution in [3.05, 3.63) is 66.0 Å². The first-order chi connectivity index (χ1) is 17.2. The second-order valence-corrected chi connectivity index (χ2v) is 9.04. The lowest BCUT2D eigenvalue weighted by Gasteiger charge is -2.24. The molecule has 1 aliphatic heterocycles. The van der Waals surface area contributed by atoms with Crippen molar-refractivity contribution in [1.82, 2.24) is 30.4 Å². The molecule has 1 aliphatic rings. The van der Waals surface area contributed by atoms with Crippen molar-refractivity contribution in [2.75, 3.05) is 52.4 Å². The number of nitrogens with zero attached hydrogens (tertiary/aromatic N) is 4. The lowest BCUT2D eigenvalue weighted by atomic mass is 10.1. The highest BCUT2D eigenvalue weighted by Crippen LogP contribution is 2.25. The fourth-order valence-electron chi connectivity index (χ4n) is 4.49. The molecule has 0 amide bonds. The second kappa shape index (κ2) is 22.1. The number of nitrogens with one attached hydrogen (secondary N) is 3. The van der Waals surface area contributed by atoms with Crippen molar-refractivity contribution >= 4 is 79.0 Å². The number of benzene rings is 2. The SMILES string of the molecule is Cl.Cl.Cl.Cl.Cl.NC(N)=NC(c1ccc(CN2CCCNCCNCCCNCC2)cc1)n1cnc2ccccc21. The number of guanidine groups is 1. The van der Waals surface area contributed by atoms with Gasteiger partial charge in [0, 0.05) is 32.7 Å². The molecule has 228 valence electrons. The minimum absolute atomic E-state index is 0. The molecule has 4 rings (SSSR count). The first-order valence-electron chi connectivity index (χ1n) is 12.6. The third-order valence-corrected chi connectivity index (χ3v) is 6.32. The molecule has 0 bridgehead atoms. The van der Waals surface area contributed by atoms with Crippen LogP contribution in [0.2, 0.25) is 0 Å². The Morgan fingerprint density at radius 1 is 0.775 bits per heavy atom. The Labute approximate surface area is 268 Å². The molecule has 1 aromatic heterocycles. The Bertz CT molecular complexity index is 1060. The van der Waals surface area contributed by atoms with Crippen LogP contribution in [0, 0.1) is 0 Å². The molecule has 0 radical (unpaired) electrons. The van der Waals surface area contributed by atoms with Crippen LogP contribution in [-0.4, -0.2) is 72.8 Å². The zero-order valence-corrected chi connectivity index (χ0v) is 26.6. The van der Waals surface area contributed by atoms with E-state index in [0.29, 0.717) is 0 Å². The van der Waals surface area contributed by atoms with E-state index < -0.39 is 0 Å². The smallest absolute Gasteiger partial charge is 0.188 e. The summed E-state index contributed by atoms with van der Waals surface area (Å²) in [7, 11) is 0. The van der Waals surface area contributed by atoms with Crippen LogP contribution in [0.25, 0.3) is 11.0 Å². The van der Waals surface area contributed by atoms with Crippen molar-refractivity contribution in [2.45, 2.75) is 25.6 Å². The van der Waals surface area contributed by atoms with Crippen LogP contribution < -0.4 is 27.4 Å². The molecule has 1 atom stereocenters. The van der Waals surface area contributed by atoms with Gasteiger partial charge in [0.25, 0.3) is 0 Å². The van der Waals surface area contributed by atoms with Crippen LogP contribution in [0.3, 0.4) is 0 Å². The summed E-state index contributed by atoms with van der Waals surface area (Å²) in [4.78, 5) is 11.6. The van der Waals surface area contributed by atoms with Gasteiger partial charge < -0.3 is 32.0 Å². The molecule has 1 unspecified atom stereocenters. The Hall–Kier alpha value is -1.53. The number of imidazole rings is 1. The first kappa shape index (κ1) is 40.6. The van der Waals surface area contributed by atoms with E-state index in [9.17, 15) is 0 Å². The van der Waals surface area contributed by atoms with Crippen molar-refractivity contribution in [3.63, 3.8) is 0 Å². The zero-order chi connectivity index (χ0) is 24.3. The van der Waals surface area contributed by atoms with Crippen LogP contribution in [-0.2, 0) is 6.54 Å². The highest BCUT2D eigenvalue weighted by Gasteiger charge is 2.16. The Morgan fingerprint density at radius 3 is 2.08 bits per heavy atom. The monoisotopic (exact) mass is 657 g/mol. The van der Waals surface area contributed by atoms with Gasteiger partial charge in [-0.1, -0.05) is 36.4 Å². The number of hydrogen-bond acceptors (Lipinski definition) is 6. The van der Waals surface area contributed by atoms with Gasteiger partial charge >= 0.3 is 0 Å². The predicted molar refractivity (Wildman–Crippen MR) is 179 cm³/mol. The van der Waals surface area contributed by atoms with Gasteiger partial charge in [0.05, 0.1) is 17.4 Å². The fourth-order valence-corrected chi connectivity index (χ4v) is 4.49. The molecular weight excluding hydrogens is 616 g/mol. The third kappa shape index (κ3) is 12.5. The second-order valence-electron chi connectivity index (χ2n) is 9.04. The summed E-state index contributed by atoms with van der Waals surface area (Å²) in [6, 6.07) is 16.6. The summed E-state index contributed by atoms with van der Waals surface area (Å²) >= 11 is 0. The third-order valence-electron chi connectivity index (χ3n) is 6.32. The first-order valence-corrected chi connectivity index (χ1v) is 12.6. The molecule has 0 saturated carbocycles. The van der Waals surface area contributed by atoms with Gasteiger partial charge in [-0.25, -0.2) is 9.98 Å². The maximum absolute atomic E-state index is 5.80. The van der Waals surface area contributed by atoms with Gasteiger partial charge in [0.1, 0.15) is 0 Å². The largest absolute Gasteiger partial charge is 0.370 e. The Balaban J connectivity index is 0. The molecule has 1 fully saturated rings. The van der Waals surface area contributed by atoms with Crippen LogP contribution in [0.1, 0.15) is 30.1 Å². The zero-order valence-electron chi connectivity index (χ0n) is 22.5. The number of halogens is 5. The lowest BCUT2D eigenvalue weighted by Crippen LogP contribution is -2.36. The molecule has 0 spiro atoms. The number of aromatic nitrogens is 2. The molecular formula is C26H44Cl5N9. The van der Waals surface area contributed by atoms with E-state index in [1.807, 2.05) is 28.8 Å². The number of rotatable bonds is 5. The van der Waals surface area contributed by atoms with Gasteiger partial charge in [-0.3, -0.25) is 4.90 Å². The predicted octanol–water partition coefficient (Wildman–Crippen LogP) is 3.33. The van der Waals surface area contributed by atoms with E-state index in [-0.39, 0.29) is 74.2 Å². The van der Waals surface area contributed by atoms with E-state index in [1.165, 1.54) is 5.56 Å². The number of aliphatic imine (C=N–C) groups is 1. The average molecular weight is 660 g/mol. The number of hydrogen-bond donors (Lipinski definition) is 5. The highest BCUT2D eigenvalue weighted by molar-refractivity contribution is 5.86. The van der Waals surface area contributed by atoms with Crippen molar-refractivity contribution in [3.8, 4) is 0 Å². The van der Waals surface area contributed by atoms with Crippen LogP contribution in [0.15, 0.2) is 59.9 Å². The van der Waals surface area contributed by atoms with Crippen molar-refractivity contribution < 1.29 is 0 Å². The topological polar surface area (TPSA) is 122 Å². The minimum atomic E-state index is -0.360. The van der Waals surface area contributed by atoms with Crippen LogP contribution in [0.5, 0.6) is 0 Å². The molecule has 7 N–H and O–H groups in total. The molecule has 40 heavy (non-hydrogen) atoms. The van der Waals surface area contributed by atoms with Crippen LogP contribution in [0.4, 0.5) is 0 Å².